The van der Waals surface area contributed by atoms with E-state index in [1.165, 1.54) is 29.8 Å². The predicted octanol–water partition coefficient (Wildman–Crippen LogP) is 5.58. The molecule has 37 heavy (non-hydrogen) atoms. The van der Waals surface area contributed by atoms with Crippen LogP contribution in [0.2, 0.25) is 0 Å². The number of aryl methyl sites for hydroxylation is 1. The molecule has 0 aliphatic rings. The number of nitriles is 1. The zero-order chi connectivity index (χ0) is 26.4. The molecule has 2 heterocycles. The van der Waals surface area contributed by atoms with Crippen molar-refractivity contribution in [1.82, 2.24) is 9.97 Å². The number of carbonyl (C=O) groups is 1. The molecular formula is C27H25FN4O4S. The van der Waals surface area contributed by atoms with Gasteiger partial charge in [-0.2, -0.15) is 5.26 Å². The first kappa shape index (κ1) is 25.9. The maximum Gasteiger partial charge on any atom is 0.306 e. The molecule has 0 aliphatic carbocycles. The number of halogens is 1. The van der Waals surface area contributed by atoms with E-state index in [-0.39, 0.29) is 18.8 Å². The van der Waals surface area contributed by atoms with Crippen molar-refractivity contribution in [2.45, 2.75) is 26.7 Å². The Kier molecular flexibility index (Phi) is 8.15. The first-order valence-electron chi connectivity index (χ1n) is 11.7. The summed E-state index contributed by atoms with van der Waals surface area (Å²) in [6.07, 6.45) is 1.87. The molecule has 0 bridgehead atoms. The summed E-state index contributed by atoms with van der Waals surface area (Å²) in [5.41, 5.74) is 3.08. The van der Waals surface area contributed by atoms with Crippen molar-refractivity contribution in [2.24, 2.45) is 0 Å². The largest absolute Gasteiger partial charge is 0.490 e. The molecule has 4 rings (SSSR count). The van der Waals surface area contributed by atoms with Gasteiger partial charge in [-0.25, -0.2) is 14.4 Å². The molecule has 0 aliphatic heterocycles. The van der Waals surface area contributed by atoms with Crippen LogP contribution in [0.4, 0.5) is 10.2 Å². The van der Waals surface area contributed by atoms with E-state index < -0.39 is 5.97 Å². The molecule has 2 aromatic heterocycles. The van der Waals surface area contributed by atoms with E-state index in [1.807, 2.05) is 19.9 Å². The predicted molar refractivity (Wildman–Crippen MR) is 140 cm³/mol. The molecular weight excluding hydrogens is 495 g/mol. The number of hydrogen-bond acceptors (Lipinski definition) is 8. The molecule has 0 saturated carbocycles. The number of aromatic nitrogens is 2. The molecule has 4 aromatic rings. The van der Waals surface area contributed by atoms with E-state index in [2.05, 4.69) is 21.4 Å². The minimum absolute atomic E-state index is 0.0372. The first-order valence-corrected chi connectivity index (χ1v) is 12.5. The van der Waals surface area contributed by atoms with Gasteiger partial charge in [-0.1, -0.05) is 0 Å². The van der Waals surface area contributed by atoms with E-state index in [9.17, 15) is 14.4 Å². The quantitative estimate of drug-likeness (QED) is 0.263. The van der Waals surface area contributed by atoms with Gasteiger partial charge in [0.25, 0.3) is 0 Å². The lowest BCUT2D eigenvalue weighted by molar-refractivity contribution is -0.137. The van der Waals surface area contributed by atoms with Crippen LogP contribution in [0.5, 0.6) is 11.5 Å². The number of thiophene rings is 1. The van der Waals surface area contributed by atoms with Gasteiger partial charge in [0, 0.05) is 28.3 Å². The van der Waals surface area contributed by atoms with Gasteiger partial charge in [0.05, 0.1) is 25.3 Å². The summed E-state index contributed by atoms with van der Waals surface area (Å²) in [5, 5.41) is 22.5. The molecule has 190 valence electrons. The van der Waals surface area contributed by atoms with Crippen molar-refractivity contribution >= 4 is 33.2 Å². The van der Waals surface area contributed by atoms with Crippen LogP contribution in [0.25, 0.3) is 21.3 Å². The molecule has 0 amide bonds. The number of aliphatic carboxylic acids is 1. The van der Waals surface area contributed by atoms with Crippen molar-refractivity contribution in [3.63, 3.8) is 0 Å². The number of benzene rings is 2. The maximum absolute atomic E-state index is 14.0. The van der Waals surface area contributed by atoms with E-state index in [4.69, 9.17) is 14.6 Å². The number of anilines is 1. The van der Waals surface area contributed by atoms with Crippen molar-refractivity contribution in [3.05, 3.63) is 64.5 Å². The fourth-order valence-electron chi connectivity index (χ4n) is 3.94. The van der Waals surface area contributed by atoms with Gasteiger partial charge >= 0.3 is 5.97 Å². The van der Waals surface area contributed by atoms with E-state index in [0.29, 0.717) is 47.5 Å². The fraction of sp³-hybridized carbons (Fsp3) is 0.259. The van der Waals surface area contributed by atoms with E-state index >= 15 is 0 Å². The summed E-state index contributed by atoms with van der Waals surface area (Å²) >= 11 is 1.39. The zero-order valence-corrected chi connectivity index (χ0v) is 21.2. The molecule has 2 N–H and O–H groups in total. The molecule has 0 fully saturated rings. The van der Waals surface area contributed by atoms with Gasteiger partial charge in [0.2, 0.25) is 0 Å². The second-order valence-electron chi connectivity index (χ2n) is 8.17. The van der Waals surface area contributed by atoms with Gasteiger partial charge in [-0.3, -0.25) is 4.79 Å². The average molecular weight is 521 g/mol. The molecule has 0 radical (unpaired) electrons. The van der Waals surface area contributed by atoms with Crippen LogP contribution in [0.15, 0.2) is 42.7 Å². The van der Waals surface area contributed by atoms with Crippen molar-refractivity contribution < 1.29 is 23.8 Å². The van der Waals surface area contributed by atoms with Crippen LogP contribution in [0.3, 0.4) is 0 Å². The third kappa shape index (κ3) is 6.13. The highest BCUT2D eigenvalue weighted by Crippen LogP contribution is 2.35. The lowest BCUT2D eigenvalue weighted by atomic mass is 10.1. The molecule has 0 atom stereocenters. The maximum atomic E-state index is 14.0. The first-order chi connectivity index (χ1) is 17.9. The smallest absolute Gasteiger partial charge is 0.306 e. The summed E-state index contributed by atoms with van der Waals surface area (Å²) in [6.45, 7) is 4.65. The Hall–Kier alpha value is -4.23. The summed E-state index contributed by atoms with van der Waals surface area (Å²) < 4.78 is 26.2. The monoisotopic (exact) mass is 520 g/mol. The van der Waals surface area contributed by atoms with Crippen molar-refractivity contribution in [3.8, 4) is 28.8 Å². The Balaban J connectivity index is 1.49. The fourth-order valence-corrected chi connectivity index (χ4v) is 5.04. The normalized spacial score (nSPS) is 10.8. The molecule has 10 heteroatoms. The number of nitrogens with zero attached hydrogens (tertiary/aromatic N) is 3. The van der Waals surface area contributed by atoms with Crippen LogP contribution in [0, 0.1) is 24.1 Å². The summed E-state index contributed by atoms with van der Waals surface area (Å²) in [6, 6.07) is 12.3. The number of hydrogen-bond donors (Lipinski definition) is 2. The van der Waals surface area contributed by atoms with E-state index in [0.717, 1.165) is 26.8 Å². The standard InChI is InChI=1S/C27H25FN4O4S/c1-3-35-23-11-17(4-5-22(23)36-9-7-26(33)34)21-13-25(32-15-31-21)30-8-6-19-20-12-18(28)10-16(2)27(20)37-24(19)14-29/h4-5,10-13,15H,3,6-9H2,1-2H3,(H,33,34)(H,30,31,32). The Morgan fingerprint density at radius 2 is 2.03 bits per heavy atom. The molecule has 2 aromatic carbocycles. The van der Waals surface area contributed by atoms with Crippen LogP contribution in [0.1, 0.15) is 29.3 Å². The second kappa shape index (κ2) is 11.7. The molecule has 0 unspecified atom stereocenters. The number of nitrogens with one attached hydrogen (secondary N) is 1. The number of ether oxygens (including phenoxy) is 2. The third-order valence-electron chi connectivity index (χ3n) is 5.61. The SMILES string of the molecule is CCOc1cc(-c2cc(NCCc3c(C#N)sc4c(C)cc(F)cc34)ncn2)ccc1OCCC(=O)O. The van der Waals surface area contributed by atoms with Crippen molar-refractivity contribution in [2.75, 3.05) is 25.1 Å². The van der Waals surface area contributed by atoms with Gasteiger partial charge in [-0.05, 0) is 61.7 Å². The minimum atomic E-state index is -0.936. The number of carboxylic acids is 1. The van der Waals surface area contributed by atoms with Gasteiger partial charge in [0.1, 0.15) is 28.9 Å². The highest BCUT2D eigenvalue weighted by Gasteiger charge is 2.15. The van der Waals surface area contributed by atoms with Crippen LogP contribution in [-0.4, -0.2) is 40.8 Å². The lowest BCUT2D eigenvalue weighted by Crippen LogP contribution is -2.07. The van der Waals surface area contributed by atoms with Gasteiger partial charge in [0.15, 0.2) is 11.5 Å². The minimum Gasteiger partial charge on any atom is -0.490 e. The summed E-state index contributed by atoms with van der Waals surface area (Å²) in [7, 11) is 0. The van der Waals surface area contributed by atoms with Gasteiger partial charge < -0.3 is 19.9 Å². The highest BCUT2D eigenvalue weighted by atomic mass is 32.1. The topological polar surface area (TPSA) is 117 Å². The highest BCUT2D eigenvalue weighted by molar-refractivity contribution is 7.20. The molecule has 0 saturated heterocycles. The molecule has 8 nitrogen and oxygen atoms in total. The average Bonchev–Trinajstić information content (AvgIpc) is 3.23. The number of rotatable bonds is 11. The Morgan fingerprint density at radius 1 is 1.19 bits per heavy atom. The van der Waals surface area contributed by atoms with Crippen LogP contribution >= 0.6 is 11.3 Å². The van der Waals surface area contributed by atoms with Crippen LogP contribution < -0.4 is 14.8 Å². The van der Waals surface area contributed by atoms with Gasteiger partial charge in [-0.15, -0.1) is 11.3 Å². The summed E-state index contributed by atoms with van der Waals surface area (Å²) in [5.74, 6) is 0.308. The van der Waals surface area contributed by atoms with E-state index in [1.54, 1.807) is 18.2 Å². The number of fused-ring (bicyclic) bond motifs is 1. The number of carboxylic acid groups (broad SMARTS) is 1. The Morgan fingerprint density at radius 3 is 2.78 bits per heavy atom. The Bertz CT molecular complexity index is 1480. The zero-order valence-electron chi connectivity index (χ0n) is 20.4. The summed E-state index contributed by atoms with van der Waals surface area (Å²) in [4.78, 5) is 20.0. The van der Waals surface area contributed by atoms with Crippen LogP contribution in [-0.2, 0) is 11.2 Å². The third-order valence-corrected chi connectivity index (χ3v) is 6.89. The molecule has 0 spiro atoms. The lowest BCUT2D eigenvalue weighted by Gasteiger charge is -2.13. The Labute approximate surface area is 217 Å². The second-order valence-corrected chi connectivity index (χ2v) is 9.19. The van der Waals surface area contributed by atoms with Crippen molar-refractivity contribution in [1.29, 1.82) is 5.26 Å².